The van der Waals surface area contributed by atoms with Crippen molar-refractivity contribution in [3.63, 3.8) is 0 Å². The van der Waals surface area contributed by atoms with Gasteiger partial charge in [-0.15, -0.1) is 0 Å². The number of para-hydroxylation sites is 1. The Morgan fingerprint density at radius 1 is 1.19 bits per heavy atom. The van der Waals surface area contributed by atoms with Crippen LogP contribution >= 0.6 is 0 Å². The topological polar surface area (TPSA) is 95.6 Å². The Hall–Kier alpha value is -3.01. The molecule has 2 fully saturated rings. The Labute approximate surface area is 212 Å². The number of piperidine rings is 1. The van der Waals surface area contributed by atoms with Crippen molar-refractivity contribution >= 4 is 22.8 Å². The van der Waals surface area contributed by atoms with Gasteiger partial charge in [-0.1, -0.05) is 18.2 Å². The number of rotatable bonds is 9. The van der Waals surface area contributed by atoms with Gasteiger partial charge in [-0.2, -0.15) is 0 Å². The summed E-state index contributed by atoms with van der Waals surface area (Å²) in [6.07, 6.45) is 11.0. The summed E-state index contributed by atoms with van der Waals surface area (Å²) < 4.78 is 5.46. The Balaban J connectivity index is 1.04. The van der Waals surface area contributed by atoms with Crippen LogP contribution in [0.25, 0.3) is 10.9 Å². The van der Waals surface area contributed by atoms with E-state index >= 15 is 0 Å². The third-order valence-corrected chi connectivity index (χ3v) is 7.23. The van der Waals surface area contributed by atoms with Gasteiger partial charge in [-0.05, 0) is 56.7 Å². The van der Waals surface area contributed by atoms with Crippen LogP contribution in [-0.4, -0.2) is 71.9 Å². The van der Waals surface area contributed by atoms with Gasteiger partial charge < -0.3 is 19.5 Å². The molecule has 0 bridgehead atoms. The number of nitrogens with one attached hydrogen (secondary N) is 2. The lowest BCUT2D eigenvalue weighted by atomic mass is 9.96. The number of aromatic nitrogens is 3. The van der Waals surface area contributed by atoms with Gasteiger partial charge in [0.2, 0.25) is 5.95 Å². The van der Waals surface area contributed by atoms with Crippen molar-refractivity contribution in [2.45, 2.75) is 44.8 Å². The maximum Gasteiger partial charge on any atom is 0.278 e. The molecule has 2 aliphatic heterocycles. The summed E-state index contributed by atoms with van der Waals surface area (Å²) in [5.74, 6) is 0.984. The highest BCUT2D eigenvalue weighted by molar-refractivity contribution is 5.92. The fraction of sp³-hybridized carbons (Fsp3) is 0.519. The molecule has 1 unspecified atom stereocenters. The Morgan fingerprint density at radius 2 is 2.00 bits per heavy atom. The molecule has 1 aromatic carbocycles. The Kier molecular flexibility index (Phi) is 8.10. The third-order valence-electron chi connectivity index (χ3n) is 7.23. The highest BCUT2D eigenvalue weighted by Gasteiger charge is 2.23. The Bertz CT molecular complexity index is 1120. The van der Waals surface area contributed by atoms with E-state index in [9.17, 15) is 4.79 Å². The smallest absolute Gasteiger partial charge is 0.278 e. The summed E-state index contributed by atoms with van der Waals surface area (Å²) in [5.41, 5.74) is 5.43. The number of ether oxygens (including phenoxy) is 1. The molecule has 1 amide bonds. The minimum absolute atomic E-state index is 0.356. The van der Waals surface area contributed by atoms with Gasteiger partial charge in [0.25, 0.3) is 5.91 Å². The fourth-order valence-corrected chi connectivity index (χ4v) is 5.08. The predicted octanol–water partition coefficient (Wildman–Crippen LogP) is 3.54. The minimum atomic E-state index is -0.378. The normalized spacial score (nSPS) is 19.2. The number of hydrogen-bond acceptors (Lipinski definition) is 7. The molecule has 1 atom stereocenters. The molecule has 2 aromatic heterocycles. The van der Waals surface area contributed by atoms with E-state index in [0.717, 1.165) is 64.7 Å². The molecule has 2 N–H and O–H groups in total. The molecule has 0 spiro atoms. The summed E-state index contributed by atoms with van der Waals surface area (Å²) >= 11 is 0. The van der Waals surface area contributed by atoms with Gasteiger partial charge in [0.1, 0.15) is 0 Å². The van der Waals surface area contributed by atoms with Gasteiger partial charge in [-0.3, -0.25) is 4.79 Å². The number of hydrogen-bond donors (Lipinski definition) is 2. The molecule has 0 saturated carbocycles. The molecule has 2 saturated heterocycles. The van der Waals surface area contributed by atoms with Crippen LogP contribution in [0.4, 0.5) is 5.95 Å². The molecule has 9 heteroatoms. The average molecular weight is 493 g/mol. The minimum Gasteiger partial charge on any atom is -0.361 e. The predicted molar refractivity (Wildman–Crippen MR) is 139 cm³/mol. The first kappa shape index (κ1) is 24.7. The summed E-state index contributed by atoms with van der Waals surface area (Å²) in [4.78, 5) is 34.6. The summed E-state index contributed by atoms with van der Waals surface area (Å²) in [5, 5.41) is 1.33. The first-order chi connectivity index (χ1) is 17.7. The number of hydroxylamine groups is 1. The van der Waals surface area contributed by atoms with E-state index in [0.29, 0.717) is 24.0 Å². The van der Waals surface area contributed by atoms with Crippen LogP contribution in [0.15, 0.2) is 42.9 Å². The molecule has 36 heavy (non-hydrogen) atoms. The standard InChI is InChI=1S/C27H36N6O3/c1-32(12-11-21-16-28-24-7-3-2-6-23(21)24)19-20-9-13-33(14-10-20)27-29-17-22(18-30-27)26(34)31-36-25-8-4-5-15-35-25/h2-3,6-7,16-18,20,25,28H,4-5,8-15,19H2,1H3,(H,31,34). The fourth-order valence-electron chi connectivity index (χ4n) is 5.08. The van der Waals surface area contributed by atoms with E-state index in [-0.39, 0.29) is 12.2 Å². The van der Waals surface area contributed by atoms with E-state index in [4.69, 9.17) is 9.57 Å². The molecule has 4 heterocycles. The zero-order valence-corrected chi connectivity index (χ0v) is 21.0. The highest BCUT2D eigenvalue weighted by Crippen LogP contribution is 2.22. The number of amides is 1. The lowest BCUT2D eigenvalue weighted by molar-refractivity contribution is -0.186. The van der Waals surface area contributed by atoms with Crippen molar-refractivity contribution in [3.8, 4) is 0 Å². The lowest BCUT2D eigenvalue weighted by Crippen LogP contribution is -2.39. The highest BCUT2D eigenvalue weighted by atomic mass is 16.8. The number of H-pyrrole nitrogens is 1. The molecule has 9 nitrogen and oxygen atoms in total. The van der Waals surface area contributed by atoms with Crippen molar-refractivity contribution in [2.24, 2.45) is 5.92 Å². The van der Waals surface area contributed by atoms with E-state index < -0.39 is 0 Å². The first-order valence-electron chi connectivity index (χ1n) is 13.0. The number of carbonyl (C=O) groups is 1. The quantitative estimate of drug-likeness (QED) is 0.441. The van der Waals surface area contributed by atoms with Crippen molar-refractivity contribution in [1.82, 2.24) is 25.3 Å². The van der Waals surface area contributed by atoms with Crippen molar-refractivity contribution in [3.05, 3.63) is 54.0 Å². The second-order valence-electron chi connectivity index (χ2n) is 9.92. The zero-order chi connectivity index (χ0) is 24.7. The number of fused-ring (bicyclic) bond motifs is 1. The van der Waals surface area contributed by atoms with Crippen LogP contribution in [0.3, 0.4) is 0 Å². The van der Waals surface area contributed by atoms with Gasteiger partial charge in [0.15, 0.2) is 6.29 Å². The Morgan fingerprint density at radius 3 is 2.78 bits per heavy atom. The molecule has 2 aliphatic rings. The molecule has 0 aliphatic carbocycles. The van der Waals surface area contributed by atoms with Crippen LogP contribution in [0.1, 0.15) is 48.0 Å². The number of carbonyl (C=O) groups excluding carboxylic acids is 1. The SMILES string of the molecule is CN(CCc1c[nH]c2ccccc12)CC1CCN(c2ncc(C(=O)NOC3CCCCO3)cn2)CC1. The van der Waals surface area contributed by atoms with Crippen molar-refractivity contribution < 1.29 is 14.4 Å². The average Bonchev–Trinajstić information content (AvgIpc) is 3.35. The maximum absolute atomic E-state index is 12.3. The summed E-state index contributed by atoms with van der Waals surface area (Å²) in [6, 6.07) is 8.49. The number of aromatic amines is 1. The maximum atomic E-state index is 12.3. The van der Waals surface area contributed by atoms with Gasteiger partial charge in [0, 0.05) is 68.7 Å². The number of anilines is 1. The van der Waals surface area contributed by atoms with E-state index in [1.807, 2.05) is 0 Å². The number of benzene rings is 1. The molecule has 3 aromatic rings. The second kappa shape index (κ2) is 11.8. The number of nitrogens with zero attached hydrogens (tertiary/aromatic N) is 4. The van der Waals surface area contributed by atoms with Crippen molar-refractivity contribution in [2.75, 3.05) is 44.7 Å². The number of likely N-dealkylation sites (N-methyl/N-ethyl adjacent to an activating group) is 1. The van der Waals surface area contributed by atoms with Crippen LogP contribution in [0.2, 0.25) is 0 Å². The van der Waals surface area contributed by atoms with Crippen molar-refractivity contribution in [1.29, 1.82) is 0 Å². The monoisotopic (exact) mass is 492 g/mol. The zero-order valence-electron chi connectivity index (χ0n) is 21.0. The van der Waals surface area contributed by atoms with Gasteiger partial charge in [0.05, 0.1) is 5.56 Å². The van der Waals surface area contributed by atoms with Crippen LogP contribution < -0.4 is 10.4 Å². The largest absolute Gasteiger partial charge is 0.361 e. The molecular weight excluding hydrogens is 456 g/mol. The molecule has 5 rings (SSSR count). The first-order valence-corrected chi connectivity index (χ1v) is 13.0. The van der Waals surface area contributed by atoms with Gasteiger partial charge in [-0.25, -0.2) is 20.3 Å². The molecule has 0 radical (unpaired) electrons. The summed E-state index contributed by atoms with van der Waals surface area (Å²) in [7, 11) is 2.22. The third kappa shape index (κ3) is 6.21. The van der Waals surface area contributed by atoms with Crippen LogP contribution in [0.5, 0.6) is 0 Å². The molecular formula is C27H36N6O3. The van der Waals surface area contributed by atoms with E-state index in [2.05, 4.69) is 67.7 Å². The van der Waals surface area contributed by atoms with Crippen LogP contribution in [0, 0.1) is 5.92 Å². The summed E-state index contributed by atoms with van der Waals surface area (Å²) in [6.45, 7) is 4.66. The van der Waals surface area contributed by atoms with E-state index in [1.54, 1.807) is 12.4 Å². The van der Waals surface area contributed by atoms with Gasteiger partial charge >= 0.3 is 0 Å². The van der Waals surface area contributed by atoms with Crippen LogP contribution in [-0.2, 0) is 16.0 Å². The van der Waals surface area contributed by atoms with E-state index in [1.165, 1.54) is 16.5 Å². The molecule has 192 valence electrons. The lowest BCUT2D eigenvalue weighted by Gasteiger charge is -2.34. The second-order valence-corrected chi connectivity index (χ2v) is 9.92.